The molecule has 1 aliphatic heterocycles. The summed E-state index contributed by atoms with van der Waals surface area (Å²) in [5, 5.41) is 3.17. The van der Waals surface area contributed by atoms with Crippen molar-refractivity contribution in [3.8, 4) is 5.95 Å². The Kier molecular flexibility index (Phi) is 3.53. The zero-order chi connectivity index (χ0) is 14.8. The molecule has 8 heteroatoms. The molecule has 0 aliphatic carbocycles. The summed E-state index contributed by atoms with van der Waals surface area (Å²) in [6, 6.07) is 1.46. The van der Waals surface area contributed by atoms with Crippen LogP contribution >= 0.6 is 0 Å². The van der Waals surface area contributed by atoms with E-state index in [1.807, 2.05) is 17.9 Å². The molecule has 2 aromatic rings. The summed E-state index contributed by atoms with van der Waals surface area (Å²) in [7, 11) is 0. The van der Waals surface area contributed by atoms with Crippen molar-refractivity contribution in [2.75, 3.05) is 24.5 Å². The summed E-state index contributed by atoms with van der Waals surface area (Å²) in [6.45, 7) is 3.88. The van der Waals surface area contributed by atoms with Crippen molar-refractivity contribution in [2.45, 2.75) is 13.0 Å². The predicted octanol–water partition coefficient (Wildman–Crippen LogP) is -0.766. The van der Waals surface area contributed by atoms with Crippen LogP contribution in [0.15, 0.2) is 24.8 Å². The molecule has 3 heterocycles. The SMILES string of the molecule is Cc1cc(N2CCNCC2C(N)=O)nc(-n2ccnc2)n1. The molecule has 0 saturated carbocycles. The van der Waals surface area contributed by atoms with E-state index in [1.54, 1.807) is 23.3 Å². The van der Waals surface area contributed by atoms with Crippen LogP contribution in [0.25, 0.3) is 5.95 Å². The minimum absolute atomic E-state index is 0.359. The molecule has 3 N–H and O–H groups in total. The van der Waals surface area contributed by atoms with Crippen LogP contribution < -0.4 is 16.0 Å². The summed E-state index contributed by atoms with van der Waals surface area (Å²) in [6.07, 6.45) is 5.09. The Morgan fingerprint density at radius 2 is 2.33 bits per heavy atom. The number of nitrogens with two attached hydrogens (primary N) is 1. The van der Waals surface area contributed by atoms with Crippen molar-refractivity contribution >= 4 is 11.7 Å². The van der Waals surface area contributed by atoms with Gasteiger partial charge in [0.25, 0.3) is 0 Å². The zero-order valence-electron chi connectivity index (χ0n) is 11.7. The quantitative estimate of drug-likeness (QED) is 0.769. The topological polar surface area (TPSA) is 102 Å². The molecule has 1 saturated heterocycles. The number of hydrogen-bond donors (Lipinski definition) is 2. The summed E-state index contributed by atoms with van der Waals surface area (Å²) < 4.78 is 1.73. The predicted molar refractivity (Wildman–Crippen MR) is 77.1 cm³/mol. The van der Waals surface area contributed by atoms with Gasteiger partial charge in [-0.15, -0.1) is 0 Å². The Morgan fingerprint density at radius 1 is 1.48 bits per heavy atom. The third-order valence-corrected chi connectivity index (χ3v) is 3.43. The number of aryl methyl sites for hydroxylation is 1. The van der Waals surface area contributed by atoms with Crippen molar-refractivity contribution in [2.24, 2.45) is 5.73 Å². The van der Waals surface area contributed by atoms with E-state index in [2.05, 4.69) is 20.3 Å². The number of nitrogens with zero attached hydrogens (tertiary/aromatic N) is 5. The maximum absolute atomic E-state index is 11.6. The number of primary amides is 1. The fourth-order valence-electron chi connectivity index (χ4n) is 2.41. The van der Waals surface area contributed by atoms with Gasteiger partial charge in [-0.05, 0) is 6.92 Å². The molecule has 8 nitrogen and oxygen atoms in total. The first-order valence-electron chi connectivity index (χ1n) is 6.76. The highest BCUT2D eigenvalue weighted by Gasteiger charge is 2.28. The zero-order valence-corrected chi connectivity index (χ0v) is 11.7. The average Bonchev–Trinajstić information content (AvgIpc) is 3.01. The standard InChI is InChI=1S/C13H17N7O/c1-9-6-11(18-13(17-9)19-4-2-16-8-19)20-5-3-15-7-10(20)12(14)21/h2,4,6,8,10,15H,3,5,7H2,1H3,(H2,14,21). The molecule has 1 amide bonds. The van der Waals surface area contributed by atoms with Crippen LogP contribution in [0.3, 0.4) is 0 Å². The van der Waals surface area contributed by atoms with Gasteiger partial charge in [0.1, 0.15) is 18.2 Å². The number of piperazine rings is 1. The van der Waals surface area contributed by atoms with E-state index >= 15 is 0 Å². The average molecular weight is 287 g/mol. The molecule has 0 spiro atoms. The summed E-state index contributed by atoms with van der Waals surface area (Å²) >= 11 is 0. The summed E-state index contributed by atoms with van der Waals surface area (Å²) in [5.41, 5.74) is 6.31. The van der Waals surface area contributed by atoms with Gasteiger partial charge in [-0.2, -0.15) is 4.98 Å². The molecule has 1 unspecified atom stereocenters. The first kappa shape index (κ1) is 13.5. The van der Waals surface area contributed by atoms with Crippen LogP contribution in [-0.4, -0.2) is 51.1 Å². The lowest BCUT2D eigenvalue weighted by molar-refractivity contribution is -0.119. The van der Waals surface area contributed by atoms with E-state index in [0.717, 1.165) is 12.2 Å². The lowest BCUT2D eigenvalue weighted by atomic mass is 10.2. The normalized spacial score (nSPS) is 18.7. The number of nitrogens with one attached hydrogen (secondary N) is 1. The first-order valence-corrected chi connectivity index (χ1v) is 6.76. The van der Waals surface area contributed by atoms with Crippen LogP contribution in [0.2, 0.25) is 0 Å². The van der Waals surface area contributed by atoms with Crippen molar-refractivity contribution in [3.63, 3.8) is 0 Å². The minimum Gasteiger partial charge on any atom is -0.368 e. The molecule has 21 heavy (non-hydrogen) atoms. The van der Waals surface area contributed by atoms with Crippen molar-refractivity contribution in [3.05, 3.63) is 30.5 Å². The van der Waals surface area contributed by atoms with Gasteiger partial charge < -0.3 is 16.0 Å². The number of rotatable bonds is 3. The Hall–Kier alpha value is -2.48. The van der Waals surface area contributed by atoms with Gasteiger partial charge in [0, 0.05) is 43.8 Å². The number of hydrogen-bond acceptors (Lipinski definition) is 6. The Balaban J connectivity index is 1.99. The smallest absolute Gasteiger partial charge is 0.241 e. The maximum Gasteiger partial charge on any atom is 0.241 e. The fourth-order valence-corrected chi connectivity index (χ4v) is 2.41. The number of carbonyl (C=O) groups is 1. The third kappa shape index (κ3) is 2.70. The van der Waals surface area contributed by atoms with E-state index in [9.17, 15) is 4.79 Å². The third-order valence-electron chi connectivity index (χ3n) is 3.43. The van der Waals surface area contributed by atoms with Gasteiger partial charge in [-0.25, -0.2) is 9.97 Å². The number of carbonyl (C=O) groups excluding carboxylic acids is 1. The highest BCUT2D eigenvalue weighted by Crippen LogP contribution is 2.18. The van der Waals surface area contributed by atoms with Crippen molar-refractivity contribution in [1.82, 2.24) is 24.8 Å². The van der Waals surface area contributed by atoms with E-state index in [-0.39, 0.29) is 5.91 Å². The molecule has 0 bridgehead atoms. The molecule has 3 rings (SSSR count). The molecule has 1 fully saturated rings. The molecule has 0 aromatic carbocycles. The first-order chi connectivity index (χ1) is 10.1. The molecule has 1 aliphatic rings. The Bertz CT molecular complexity index is 640. The monoisotopic (exact) mass is 287 g/mol. The molecular weight excluding hydrogens is 270 g/mol. The van der Waals surface area contributed by atoms with Gasteiger partial charge in [-0.1, -0.05) is 0 Å². The molecule has 0 radical (unpaired) electrons. The Labute approximate surface area is 122 Å². The molecule has 1 atom stereocenters. The fraction of sp³-hybridized carbons (Fsp3) is 0.385. The van der Waals surface area contributed by atoms with Gasteiger partial charge in [0.2, 0.25) is 11.9 Å². The second kappa shape index (κ2) is 5.49. The van der Waals surface area contributed by atoms with E-state index in [4.69, 9.17) is 5.73 Å². The highest BCUT2D eigenvalue weighted by molar-refractivity contribution is 5.84. The van der Waals surface area contributed by atoms with Crippen LogP contribution in [0.1, 0.15) is 5.69 Å². The largest absolute Gasteiger partial charge is 0.368 e. The summed E-state index contributed by atoms with van der Waals surface area (Å²) in [4.78, 5) is 26.5. The summed E-state index contributed by atoms with van der Waals surface area (Å²) in [5.74, 6) is 0.878. The maximum atomic E-state index is 11.6. The van der Waals surface area contributed by atoms with Crippen LogP contribution in [0.5, 0.6) is 0 Å². The lowest BCUT2D eigenvalue weighted by Crippen LogP contribution is -2.57. The van der Waals surface area contributed by atoms with Crippen molar-refractivity contribution < 1.29 is 4.79 Å². The number of imidazole rings is 1. The van der Waals surface area contributed by atoms with Gasteiger partial charge in [0.05, 0.1) is 0 Å². The van der Waals surface area contributed by atoms with Crippen LogP contribution in [0.4, 0.5) is 5.82 Å². The Morgan fingerprint density at radius 3 is 3.05 bits per heavy atom. The van der Waals surface area contributed by atoms with E-state index in [0.29, 0.717) is 24.9 Å². The highest BCUT2D eigenvalue weighted by atomic mass is 16.1. The number of anilines is 1. The second-order valence-corrected chi connectivity index (χ2v) is 4.95. The second-order valence-electron chi connectivity index (χ2n) is 4.95. The van der Waals surface area contributed by atoms with Gasteiger partial charge in [0.15, 0.2) is 0 Å². The molecule has 2 aromatic heterocycles. The van der Waals surface area contributed by atoms with Gasteiger partial charge in [-0.3, -0.25) is 9.36 Å². The van der Waals surface area contributed by atoms with Crippen LogP contribution in [-0.2, 0) is 4.79 Å². The lowest BCUT2D eigenvalue weighted by Gasteiger charge is -2.35. The van der Waals surface area contributed by atoms with E-state index < -0.39 is 6.04 Å². The number of aromatic nitrogens is 4. The minimum atomic E-state index is -0.399. The van der Waals surface area contributed by atoms with Crippen LogP contribution in [0, 0.1) is 6.92 Å². The molecular formula is C13H17N7O. The number of amides is 1. The van der Waals surface area contributed by atoms with Gasteiger partial charge >= 0.3 is 0 Å². The van der Waals surface area contributed by atoms with E-state index in [1.165, 1.54) is 0 Å². The van der Waals surface area contributed by atoms with Crippen molar-refractivity contribution in [1.29, 1.82) is 0 Å². The molecule has 110 valence electrons.